The van der Waals surface area contributed by atoms with Crippen LogP contribution in [-0.2, 0) is 0 Å². The molecule has 0 aliphatic carbocycles. The number of hydrogen-bond acceptors (Lipinski definition) is 3. The number of nitrogens with zero attached hydrogens (tertiary/aromatic N) is 2. The molecule has 5 heteroatoms. The molecule has 5 nitrogen and oxygen atoms in total. The van der Waals surface area contributed by atoms with Crippen molar-refractivity contribution in [3.05, 3.63) is 52.2 Å². The van der Waals surface area contributed by atoms with Crippen LogP contribution in [0.1, 0.15) is 5.69 Å². The molecule has 1 aromatic heterocycles. The van der Waals surface area contributed by atoms with Crippen molar-refractivity contribution in [2.75, 3.05) is 0 Å². The summed E-state index contributed by atoms with van der Waals surface area (Å²) >= 11 is 0. The first kappa shape index (κ1) is 9.39. The number of para-hydroxylation sites is 1. The van der Waals surface area contributed by atoms with Crippen molar-refractivity contribution in [3.8, 4) is 0 Å². The first-order valence-electron chi connectivity index (χ1n) is 4.42. The molecule has 2 aromatic rings. The average molecular weight is 205 g/mol. The number of pyridine rings is 1. The second kappa shape index (κ2) is 3.53. The molecule has 0 amide bonds. The van der Waals surface area contributed by atoms with Gasteiger partial charge >= 0.3 is 5.09 Å². The van der Waals surface area contributed by atoms with Gasteiger partial charge in [0.1, 0.15) is 0 Å². The van der Waals surface area contributed by atoms with Crippen LogP contribution in [0, 0.1) is 17.0 Å². The number of rotatable bonds is 2. The Balaban J connectivity index is 2.68. The van der Waals surface area contributed by atoms with Crippen molar-refractivity contribution < 1.29 is 14.8 Å². The Hall–Kier alpha value is -2.17. The molecular weight excluding hydrogens is 196 g/mol. The van der Waals surface area contributed by atoms with Gasteiger partial charge in [-0.1, -0.05) is 12.1 Å². The molecule has 0 radical (unpaired) electrons. The van der Waals surface area contributed by atoms with Crippen LogP contribution in [-0.4, -0.2) is 5.09 Å². The Kier molecular flexibility index (Phi) is 2.21. The van der Waals surface area contributed by atoms with Crippen molar-refractivity contribution in [3.63, 3.8) is 0 Å². The van der Waals surface area contributed by atoms with E-state index in [4.69, 9.17) is 0 Å². The Morgan fingerprint density at radius 1 is 1.27 bits per heavy atom. The highest BCUT2D eigenvalue weighted by Crippen LogP contribution is 2.09. The Morgan fingerprint density at radius 3 is 2.73 bits per heavy atom. The maximum atomic E-state index is 10.3. The normalized spacial score (nSPS) is 10.2. The summed E-state index contributed by atoms with van der Waals surface area (Å²) in [6, 6.07) is 11.0. The molecular formula is C10H9N2O3+. The van der Waals surface area contributed by atoms with E-state index in [-0.39, 0.29) is 0 Å². The predicted molar refractivity (Wildman–Crippen MR) is 52.5 cm³/mol. The second-order valence-electron chi connectivity index (χ2n) is 3.13. The van der Waals surface area contributed by atoms with Gasteiger partial charge in [0.15, 0.2) is 0 Å². The van der Waals surface area contributed by atoms with Gasteiger partial charge in [0, 0.05) is 23.8 Å². The van der Waals surface area contributed by atoms with E-state index in [1.807, 2.05) is 24.3 Å². The van der Waals surface area contributed by atoms with Crippen LogP contribution in [0.25, 0.3) is 10.9 Å². The molecule has 0 atom stereocenters. The Bertz CT molecular complexity index is 525. The van der Waals surface area contributed by atoms with Crippen LogP contribution >= 0.6 is 0 Å². The van der Waals surface area contributed by atoms with E-state index in [1.165, 1.54) is 4.73 Å². The standard InChI is InChI=1S/C10H9N2O3/c1-8-6-7-9-4-2-3-5-10(9)11(8)15-12(13)14/h2-7H,1H3/q+1. The fraction of sp³-hybridized carbons (Fsp3) is 0.100. The van der Waals surface area contributed by atoms with Gasteiger partial charge in [-0.25, -0.2) is 0 Å². The fourth-order valence-corrected chi connectivity index (χ4v) is 1.46. The second-order valence-corrected chi connectivity index (χ2v) is 3.13. The van der Waals surface area contributed by atoms with Crippen LogP contribution in [0.3, 0.4) is 0 Å². The maximum absolute atomic E-state index is 10.3. The first-order valence-corrected chi connectivity index (χ1v) is 4.42. The molecule has 0 N–H and O–H groups in total. The zero-order chi connectivity index (χ0) is 10.8. The minimum Gasteiger partial charge on any atom is -0.105 e. The minimum atomic E-state index is -0.820. The molecule has 0 saturated heterocycles. The van der Waals surface area contributed by atoms with E-state index in [0.717, 1.165) is 5.39 Å². The van der Waals surface area contributed by atoms with E-state index in [2.05, 4.69) is 4.94 Å². The minimum absolute atomic E-state index is 0.672. The number of aryl methyl sites for hydroxylation is 1. The van der Waals surface area contributed by atoms with Crippen LogP contribution in [0.5, 0.6) is 0 Å². The largest absolute Gasteiger partial charge is 0.349 e. The summed E-state index contributed by atoms with van der Waals surface area (Å²) in [7, 11) is 0. The van der Waals surface area contributed by atoms with Gasteiger partial charge in [-0.15, -0.1) is 10.1 Å². The third-order valence-corrected chi connectivity index (χ3v) is 2.13. The van der Waals surface area contributed by atoms with Gasteiger partial charge in [0.25, 0.3) is 5.52 Å². The molecule has 0 spiro atoms. The lowest BCUT2D eigenvalue weighted by molar-refractivity contribution is -1.08. The third-order valence-electron chi connectivity index (χ3n) is 2.13. The molecule has 0 bridgehead atoms. The Labute approximate surface area is 85.6 Å². The summed E-state index contributed by atoms with van der Waals surface area (Å²) in [5.74, 6) is 0. The van der Waals surface area contributed by atoms with E-state index in [9.17, 15) is 10.1 Å². The van der Waals surface area contributed by atoms with Gasteiger partial charge in [0.2, 0.25) is 5.69 Å². The van der Waals surface area contributed by atoms with Gasteiger partial charge < -0.3 is 0 Å². The molecule has 1 aromatic carbocycles. The highest BCUT2D eigenvalue weighted by molar-refractivity contribution is 5.75. The summed E-state index contributed by atoms with van der Waals surface area (Å²) in [5, 5.41) is 10.4. The SMILES string of the molecule is Cc1ccc2ccccc2[n+]1O[N+](=O)[O-]. The van der Waals surface area contributed by atoms with Crippen molar-refractivity contribution in [1.29, 1.82) is 0 Å². The van der Waals surface area contributed by atoms with Crippen molar-refractivity contribution in [2.45, 2.75) is 6.92 Å². The summed E-state index contributed by atoms with van der Waals surface area (Å²) in [4.78, 5) is 14.8. The highest BCUT2D eigenvalue weighted by Gasteiger charge is 2.17. The average Bonchev–Trinajstić information content (AvgIpc) is 2.22. The number of aromatic nitrogens is 1. The van der Waals surface area contributed by atoms with Crippen molar-refractivity contribution >= 4 is 10.9 Å². The van der Waals surface area contributed by atoms with E-state index < -0.39 is 5.09 Å². The molecule has 0 saturated carbocycles. The lowest BCUT2D eigenvalue weighted by Gasteiger charge is -1.98. The van der Waals surface area contributed by atoms with E-state index in [1.54, 1.807) is 19.1 Å². The molecule has 2 rings (SSSR count). The van der Waals surface area contributed by atoms with Gasteiger partial charge in [-0.2, -0.15) is 0 Å². The predicted octanol–water partition coefficient (Wildman–Crippen LogP) is 1.06. The topological polar surface area (TPSA) is 56.2 Å². The summed E-state index contributed by atoms with van der Waals surface area (Å²) in [6.07, 6.45) is 0. The van der Waals surface area contributed by atoms with Crippen molar-refractivity contribution in [1.82, 2.24) is 0 Å². The van der Waals surface area contributed by atoms with Crippen LogP contribution < -0.4 is 9.67 Å². The van der Waals surface area contributed by atoms with Crippen LogP contribution in [0.4, 0.5) is 0 Å². The molecule has 0 fully saturated rings. The van der Waals surface area contributed by atoms with Crippen molar-refractivity contribution in [2.24, 2.45) is 0 Å². The molecule has 15 heavy (non-hydrogen) atoms. The summed E-state index contributed by atoms with van der Waals surface area (Å²) < 4.78 is 1.20. The number of fused-ring (bicyclic) bond motifs is 1. The quantitative estimate of drug-likeness (QED) is 0.418. The summed E-state index contributed by atoms with van der Waals surface area (Å²) in [6.45, 7) is 1.75. The smallest absolute Gasteiger partial charge is 0.105 e. The van der Waals surface area contributed by atoms with Gasteiger partial charge in [0.05, 0.1) is 5.39 Å². The molecule has 0 aliphatic heterocycles. The monoisotopic (exact) mass is 205 g/mol. The number of benzene rings is 1. The third kappa shape index (κ3) is 1.71. The zero-order valence-corrected chi connectivity index (χ0v) is 8.08. The maximum Gasteiger partial charge on any atom is 0.349 e. The number of hydrogen-bond donors (Lipinski definition) is 0. The van der Waals surface area contributed by atoms with Crippen LogP contribution in [0.2, 0.25) is 0 Å². The Morgan fingerprint density at radius 2 is 2.00 bits per heavy atom. The first-order chi connectivity index (χ1) is 7.18. The van der Waals surface area contributed by atoms with Gasteiger partial charge in [-0.3, -0.25) is 0 Å². The lowest BCUT2D eigenvalue weighted by atomic mass is 10.2. The highest BCUT2D eigenvalue weighted by atomic mass is 17.0. The van der Waals surface area contributed by atoms with E-state index in [0.29, 0.717) is 11.2 Å². The molecule has 0 unspecified atom stereocenters. The fourth-order valence-electron chi connectivity index (χ4n) is 1.46. The zero-order valence-electron chi connectivity index (χ0n) is 8.08. The summed E-state index contributed by atoms with van der Waals surface area (Å²) in [5.41, 5.74) is 1.35. The van der Waals surface area contributed by atoms with Crippen LogP contribution in [0.15, 0.2) is 36.4 Å². The molecule has 0 aliphatic rings. The lowest BCUT2D eigenvalue weighted by Crippen LogP contribution is -2.48. The molecule has 76 valence electrons. The van der Waals surface area contributed by atoms with Gasteiger partial charge in [-0.05, 0) is 17.1 Å². The van der Waals surface area contributed by atoms with E-state index >= 15 is 0 Å². The molecule has 1 heterocycles.